The zero-order valence-corrected chi connectivity index (χ0v) is 8.81. The Hall–Kier alpha value is -1.27. The lowest BCUT2D eigenvalue weighted by Crippen LogP contribution is -2.38. The molecule has 0 N–H and O–H groups in total. The minimum atomic E-state index is -4.17. The molecule has 1 aromatic rings. The van der Waals surface area contributed by atoms with E-state index in [1.54, 1.807) is 29.0 Å². The first-order valence-electron chi connectivity index (χ1n) is 4.40. The number of rotatable bonds is 5. The monoisotopic (exact) mass is 229 g/mol. The first kappa shape index (κ1) is 11.8. The number of carbonyl (C=O) groups is 1. The summed E-state index contributed by atoms with van der Waals surface area (Å²) in [6.45, 7) is 0.344. The molecular formula is C9H11NO4S. The van der Waals surface area contributed by atoms with Crippen molar-refractivity contribution in [2.24, 2.45) is 0 Å². The van der Waals surface area contributed by atoms with Crippen molar-refractivity contribution in [2.45, 2.75) is 13.0 Å². The molecule has 0 aromatic carbocycles. The summed E-state index contributed by atoms with van der Waals surface area (Å²) in [6.07, 6.45) is 2.56. The maximum absolute atomic E-state index is 10.6. The van der Waals surface area contributed by atoms with Crippen molar-refractivity contribution >= 4 is 16.4 Å². The van der Waals surface area contributed by atoms with Crippen LogP contribution in [0.5, 0.6) is 0 Å². The van der Waals surface area contributed by atoms with Crippen LogP contribution in [0.15, 0.2) is 24.4 Å². The predicted octanol–water partition coefficient (Wildman–Crippen LogP) is -0.278. The average Bonchev–Trinajstić information content (AvgIpc) is 2.16. The normalized spacial score (nSPS) is 11.3. The van der Waals surface area contributed by atoms with Crippen LogP contribution in [0.25, 0.3) is 0 Å². The van der Waals surface area contributed by atoms with Gasteiger partial charge in [-0.05, 0) is 6.07 Å². The molecule has 1 aromatic heterocycles. The van der Waals surface area contributed by atoms with Gasteiger partial charge in [0.1, 0.15) is 6.54 Å². The van der Waals surface area contributed by atoms with Gasteiger partial charge in [0.2, 0.25) is 12.0 Å². The van der Waals surface area contributed by atoms with Gasteiger partial charge in [-0.1, -0.05) is 0 Å². The van der Waals surface area contributed by atoms with Crippen LogP contribution in [0.2, 0.25) is 0 Å². The molecule has 0 atom stereocenters. The third-order valence-corrected chi connectivity index (χ3v) is 2.68. The van der Waals surface area contributed by atoms with Crippen LogP contribution in [0, 0.1) is 0 Å². The zero-order chi connectivity index (χ0) is 11.3. The summed E-state index contributed by atoms with van der Waals surface area (Å²) < 4.78 is 32.6. The van der Waals surface area contributed by atoms with Crippen LogP contribution >= 0.6 is 0 Å². The number of aryl methyl sites for hydroxylation is 1. The second kappa shape index (κ2) is 4.99. The lowest BCUT2D eigenvalue weighted by molar-refractivity contribution is -0.698. The Morgan fingerprint density at radius 3 is 2.73 bits per heavy atom. The second-order valence-electron chi connectivity index (χ2n) is 3.05. The summed E-state index contributed by atoms with van der Waals surface area (Å²) in [6, 6.07) is 5.07. The van der Waals surface area contributed by atoms with E-state index in [1.165, 1.54) is 0 Å². The van der Waals surface area contributed by atoms with E-state index < -0.39 is 15.9 Å². The maximum Gasteiger partial charge on any atom is 0.245 e. The smallest absolute Gasteiger partial charge is 0.245 e. The molecule has 1 rings (SSSR count). The fraction of sp³-hybridized carbons (Fsp3) is 0.333. The number of hydrogen-bond acceptors (Lipinski definition) is 4. The highest BCUT2D eigenvalue weighted by molar-refractivity contribution is 7.85. The van der Waals surface area contributed by atoms with Gasteiger partial charge in [0, 0.05) is 24.3 Å². The molecule has 0 amide bonds. The van der Waals surface area contributed by atoms with E-state index in [0.717, 1.165) is 0 Å². The van der Waals surface area contributed by atoms with Gasteiger partial charge in [-0.25, -0.2) is 8.42 Å². The predicted molar refractivity (Wildman–Crippen MR) is 51.2 cm³/mol. The molecule has 0 aliphatic rings. The van der Waals surface area contributed by atoms with Gasteiger partial charge in [-0.2, -0.15) is 4.57 Å². The van der Waals surface area contributed by atoms with E-state index in [4.69, 9.17) is 0 Å². The lowest BCUT2D eigenvalue weighted by atomic mass is 10.3. The highest BCUT2D eigenvalue weighted by Crippen LogP contribution is 1.91. The molecule has 6 heteroatoms. The highest BCUT2D eigenvalue weighted by atomic mass is 32.2. The number of aromatic nitrogens is 1. The van der Waals surface area contributed by atoms with Crippen molar-refractivity contribution in [3.8, 4) is 0 Å². The van der Waals surface area contributed by atoms with Crippen LogP contribution in [0.4, 0.5) is 0 Å². The number of nitrogens with zero attached hydrogens (tertiary/aromatic N) is 1. The Labute approximate surface area is 88.1 Å². The minimum absolute atomic E-state index is 0.210. The Balaban J connectivity index is 2.61. The van der Waals surface area contributed by atoms with Gasteiger partial charge in [0.15, 0.2) is 6.20 Å². The molecule has 0 saturated carbocycles. The lowest BCUT2D eigenvalue weighted by Gasteiger charge is -2.04. The van der Waals surface area contributed by atoms with Gasteiger partial charge in [0.25, 0.3) is 0 Å². The molecule has 0 unspecified atom stereocenters. The van der Waals surface area contributed by atoms with Crippen LogP contribution < -0.4 is 4.57 Å². The van der Waals surface area contributed by atoms with E-state index in [0.29, 0.717) is 18.5 Å². The third-order valence-electron chi connectivity index (χ3n) is 1.89. The molecule has 5 nitrogen and oxygen atoms in total. The van der Waals surface area contributed by atoms with Crippen molar-refractivity contribution in [2.75, 3.05) is 5.75 Å². The topological polar surface area (TPSA) is 78.1 Å². The van der Waals surface area contributed by atoms with E-state index in [1.807, 2.05) is 0 Å². The van der Waals surface area contributed by atoms with E-state index in [9.17, 15) is 17.8 Å². The number of hydrogen-bond donors (Lipinski definition) is 0. The Kier molecular flexibility index (Phi) is 3.93. The van der Waals surface area contributed by atoms with E-state index in [2.05, 4.69) is 0 Å². The van der Waals surface area contributed by atoms with Gasteiger partial charge in [-0.15, -0.1) is 0 Å². The van der Waals surface area contributed by atoms with Gasteiger partial charge < -0.3 is 4.55 Å². The summed E-state index contributed by atoms with van der Waals surface area (Å²) in [5, 5.41) is 0. The largest absolute Gasteiger partial charge is 0.748 e. The third kappa shape index (κ3) is 4.18. The first-order valence-corrected chi connectivity index (χ1v) is 5.98. The standard InChI is InChI=1S/C9H11NO4S/c11-8-9-4-1-2-5-10(9)6-3-7-15(12,13)14/h1-2,4-5,8H,3,6-7H2. The molecule has 0 saturated heterocycles. The molecular weight excluding hydrogens is 218 g/mol. The van der Waals surface area contributed by atoms with Crippen LogP contribution in [0.1, 0.15) is 16.9 Å². The summed E-state index contributed by atoms with van der Waals surface area (Å²) >= 11 is 0. The fourth-order valence-electron chi connectivity index (χ4n) is 1.21. The van der Waals surface area contributed by atoms with Gasteiger partial charge in [-0.3, -0.25) is 4.79 Å². The number of carbonyl (C=O) groups excluding carboxylic acids is 1. The van der Waals surface area contributed by atoms with Crippen LogP contribution in [-0.2, 0) is 16.7 Å². The molecule has 0 radical (unpaired) electrons. The molecule has 0 fully saturated rings. The summed E-state index contributed by atoms with van der Waals surface area (Å²) in [4.78, 5) is 10.6. The summed E-state index contributed by atoms with van der Waals surface area (Å²) in [7, 11) is -4.17. The molecule has 1 heterocycles. The molecule has 0 spiro atoms. The SMILES string of the molecule is O=Cc1cccc[n+]1CCCS(=O)(=O)[O-]. The zero-order valence-electron chi connectivity index (χ0n) is 8.00. The van der Waals surface area contributed by atoms with Crippen LogP contribution in [0.3, 0.4) is 0 Å². The maximum atomic E-state index is 10.6. The minimum Gasteiger partial charge on any atom is -0.748 e. The Morgan fingerprint density at radius 1 is 1.40 bits per heavy atom. The summed E-state index contributed by atoms with van der Waals surface area (Å²) in [5.74, 6) is -0.410. The molecule has 0 aliphatic heterocycles. The van der Waals surface area contributed by atoms with Crippen molar-refractivity contribution in [1.29, 1.82) is 0 Å². The quantitative estimate of drug-likeness (QED) is 0.395. The molecule has 15 heavy (non-hydrogen) atoms. The first-order chi connectivity index (χ1) is 7.03. The molecule has 82 valence electrons. The van der Waals surface area contributed by atoms with Crippen molar-refractivity contribution in [3.05, 3.63) is 30.1 Å². The second-order valence-corrected chi connectivity index (χ2v) is 4.58. The fourth-order valence-corrected chi connectivity index (χ4v) is 1.69. The van der Waals surface area contributed by atoms with Gasteiger partial charge in [0.05, 0.1) is 10.1 Å². The average molecular weight is 229 g/mol. The van der Waals surface area contributed by atoms with E-state index in [-0.39, 0.29) is 6.42 Å². The number of aldehydes is 1. The van der Waals surface area contributed by atoms with Crippen molar-refractivity contribution < 1.29 is 22.3 Å². The molecule has 0 aliphatic carbocycles. The van der Waals surface area contributed by atoms with Crippen molar-refractivity contribution in [1.82, 2.24) is 0 Å². The van der Waals surface area contributed by atoms with Crippen LogP contribution in [-0.4, -0.2) is 25.0 Å². The Bertz CT molecular complexity index is 441. The summed E-state index contributed by atoms with van der Waals surface area (Å²) in [5.41, 5.74) is 0.459. The molecule has 0 bridgehead atoms. The van der Waals surface area contributed by atoms with Gasteiger partial charge >= 0.3 is 0 Å². The van der Waals surface area contributed by atoms with E-state index >= 15 is 0 Å². The number of pyridine rings is 1. The Morgan fingerprint density at radius 2 is 2.13 bits per heavy atom. The highest BCUT2D eigenvalue weighted by Gasteiger charge is 2.08. The van der Waals surface area contributed by atoms with Crippen molar-refractivity contribution in [3.63, 3.8) is 0 Å².